The van der Waals surface area contributed by atoms with Gasteiger partial charge in [-0.25, -0.2) is 0 Å². The number of benzene rings is 1. The highest BCUT2D eigenvalue weighted by molar-refractivity contribution is 5.57. The van der Waals surface area contributed by atoms with Gasteiger partial charge in [0.05, 0.1) is 18.3 Å². The van der Waals surface area contributed by atoms with Gasteiger partial charge in [-0.05, 0) is 30.9 Å². The molecule has 0 spiro atoms. The lowest BCUT2D eigenvalue weighted by Gasteiger charge is -2.21. The third-order valence-electron chi connectivity index (χ3n) is 2.99. The molecule has 106 valence electrons. The summed E-state index contributed by atoms with van der Waals surface area (Å²) in [5, 5.41) is 3.08. The van der Waals surface area contributed by atoms with E-state index in [0.29, 0.717) is 18.2 Å². The molecule has 1 saturated carbocycles. The molecule has 1 aromatic carbocycles. The first-order chi connectivity index (χ1) is 8.99. The van der Waals surface area contributed by atoms with Gasteiger partial charge >= 0.3 is 6.36 Å². The lowest BCUT2D eigenvalue weighted by molar-refractivity contribution is -0.274. The Hall–Kier alpha value is -1.43. The molecule has 0 bridgehead atoms. The zero-order chi connectivity index (χ0) is 13.9. The van der Waals surface area contributed by atoms with Gasteiger partial charge in [0.25, 0.3) is 0 Å². The van der Waals surface area contributed by atoms with Crippen LogP contribution in [0.4, 0.5) is 18.9 Å². The third-order valence-corrected chi connectivity index (χ3v) is 2.99. The quantitative estimate of drug-likeness (QED) is 0.863. The Morgan fingerprint density at radius 2 is 2.00 bits per heavy atom. The van der Waals surface area contributed by atoms with E-state index in [4.69, 9.17) is 4.74 Å². The van der Waals surface area contributed by atoms with Gasteiger partial charge in [-0.2, -0.15) is 0 Å². The molecule has 0 amide bonds. The van der Waals surface area contributed by atoms with Crippen molar-refractivity contribution in [2.45, 2.75) is 25.2 Å². The van der Waals surface area contributed by atoms with Crippen LogP contribution in [0.3, 0.4) is 0 Å². The summed E-state index contributed by atoms with van der Waals surface area (Å²) in [4.78, 5) is 0. The first-order valence-corrected chi connectivity index (χ1v) is 6.10. The number of nitrogens with one attached hydrogen (secondary N) is 1. The zero-order valence-electron chi connectivity index (χ0n) is 10.5. The molecule has 2 rings (SSSR count). The number of para-hydroxylation sites is 2. The molecule has 1 aliphatic carbocycles. The summed E-state index contributed by atoms with van der Waals surface area (Å²) in [7, 11) is 1.58. The molecule has 0 radical (unpaired) electrons. The summed E-state index contributed by atoms with van der Waals surface area (Å²) >= 11 is 0. The van der Waals surface area contributed by atoms with E-state index in [1.165, 1.54) is 12.1 Å². The topological polar surface area (TPSA) is 30.5 Å². The Labute approximate surface area is 109 Å². The average Bonchev–Trinajstić information content (AvgIpc) is 3.13. The van der Waals surface area contributed by atoms with Crippen molar-refractivity contribution in [3.63, 3.8) is 0 Å². The van der Waals surface area contributed by atoms with Crippen molar-refractivity contribution in [3.05, 3.63) is 24.3 Å². The number of halogens is 3. The van der Waals surface area contributed by atoms with E-state index >= 15 is 0 Å². The Morgan fingerprint density at radius 1 is 1.32 bits per heavy atom. The fourth-order valence-electron chi connectivity index (χ4n) is 1.97. The Morgan fingerprint density at radius 3 is 2.58 bits per heavy atom. The average molecular weight is 275 g/mol. The Kier molecular flexibility index (Phi) is 4.19. The highest BCUT2D eigenvalue weighted by atomic mass is 19.4. The zero-order valence-corrected chi connectivity index (χ0v) is 10.5. The van der Waals surface area contributed by atoms with E-state index in [-0.39, 0.29) is 11.8 Å². The van der Waals surface area contributed by atoms with Crippen LogP contribution in [0.25, 0.3) is 0 Å². The second-order valence-electron chi connectivity index (χ2n) is 4.59. The van der Waals surface area contributed by atoms with Gasteiger partial charge < -0.3 is 14.8 Å². The van der Waals surface area contributed by atoms with Gasteiger partial charge in [-0.15, -0.1) is 13.2 Å². The van der Waals surface area contributed by atoms with Crippen molar-refractivity contribution in [1.82, 2.24) is 0 Å². The van der Waals surface area contributed by atoms with Gasteiger partial charge in [-0.3, -0.25) is 0 Å². The lowest BCUT2D eigenvalue weighted by atomic mass is 10.2. The largest absolute Gasteiger partial charge is 0.573 e. The molecule has 19 heavy (non-hydrogen) atoms. The van der Waals surface area contributed by atoms with E-state index in [1.54, 1.807) is 19.2 Å². The van der Waals surface area contributed by atoms with Crippen LogP contribution in [0.15, 0.2) is 24.3 Å². The fourth-order valence-corrected chi connectivity index (χ4v) is 1.97. The molecule has 1 N–H and O–H groups in total. The molecule has 0 saturated heterocycles. The summed E-state index contributed by atoms with van der Waals surface area (Å²) < 4.78 is 46.0. The van der Waals surface area contributed by atoms with Crippen molar-refractivity contribution >= 4 is 5.69 Å². The molecule has 1 atom stereocenters. The van der Waals surface area contributed by atoms with E-state index in [9.17, 15) is 13.2 Å². The number of anilines is 1. The number of hydrogen-bond acceptors (Lipinski definition) is 3. The van der Waals surface area contributed by atoms with Crippen LogP contribution in [-0.2, 0) is 4.74 Å². The first-order valence-electron chi connectivity index (χ1n) is 6.10. The Bertz CT molecular complexity index is 419. The number of rotatable bonds is 6. The summed E-state index contributed by atoms with van der Waals surface area (Å²) in [5.41, 5.74) is 0.341. The van der Waals surface area contributed by atoms with Gasteiger partial charge in [0.1, 0.15) is 0 Å². The lowest BCUT2D eigenvalue weighted by Crippen LogP contribution is -2.28. The molecule has 0 aromatic heterocycles. The molecule has 0 aliphatic heterocycles. The molecule has 0 heterocycles. The van der Waals surface area contributed by atoms with Crippen molar-refractivity contribution in [2.75, 3.05) is 19.0 Å². The van der Waals surface area contributed by atoms with Gasteiger partial charge in [0, 0.05) is 7.11 Å². The monoisotopic (exact) mass is 275 g/mol. The van der Waals surface area contributed by atoms with Crippen LogP contribution in [0, 0.1) is 5.92 Å². The van der Waals surface area contributed by atoms with E-state index in [2.05, 4.69) is 10.1 Å². The van der Waals surface area contributed by atoms with Gasteiger partial charge in [-0.1, -0.05) is 12.1 Å². The molecule has 1 unspecified atom stereocenters. The molecular formula is C13H16F3NO2. The Balaban J connectivity index is 2.09. The summed E-state index contributed by atoms with van der Waals surface area (Å²) in [5.74, 6) is 0.246. The van der Waals surface area contributed by atoms with Gasteiger partial charge in [0.15, 0.2) is 5.75 Å². The normalized spacial score (nSPS) is 17.1. The number of ether oxygens (including phenoxy) is 2. The number of hydrogen-bond donors (Lipinski definition) is 1. The second-order valence-corrected chi connectivity index (χ2v) is 4.59. The fraction of sp³-hybridized carbons (Fsp3) is 0.538. The molecule has 6 heteroatoms. The first kappa shape index (κ1) is 14.0. The van der Waals surface area contributed by atoms with E-state index in [0.717, 1.165) is 12.8 Å². The number of methoxy groups -OCH3 is 1. The molecule has 1 fully saturated rings. The van der Waals surface area contributed by atoms with Crippen molar-refractivity contribution < 1.29 is 22.6 Å². The minimum Gasteiger partial charge on any atom is -0.404 e. The minimum absolute atomic E-state index is 0.0167. The SMILES string of the molecule is COCC(Nc1ccccc1OC(F)(F)F)C1CC1. The summed E-state index contributed by atoms with van der Waals surface area (Å²) in [6.45, 7) is 0.463. The van der Waals surface area contributed by atoms with Crippen molar-refractivity contribution in [2.24, 2.45) is 5.92 Å². The van der Waals surface area contributed by atoms with Crippen molar-refractivity contribution in [3.8, 4) is 5.75 Å². The smallest absolute Gasteiger partial charge is 0.404 e. The van der Waals surface area contributed by atoms with E-state index < -0.39 is 6.36 Å². The van der Waals surface area contributed by atoms with Crippen LogP contribution < -0.4 is 10.1 Å². The maximum Gasteiger partial charge on any atom is 0.573 e. The molecular weight excluding hydrogens is 259 g/mol. The highest BCUT2D eigenvalue weighted by Crippen LogP contribution is 2.37. The third kappa shape index (κ3) is 4.31. The second kappa shape index (κ2) is 5.69. The number of alkyl halides is 3. The highest BCUT2D eigenvalue weighted by Gasteiger charge is 2.34. The minimum atomic E-state index is -4.69. The van der Waals surface area contributed by atoms with Crippen LogP contribution >= 0.6 is 0 Å². The maximum absolute atomic E-state index is 12.3. The maximum atomic E-state index is 12.3. The summed E-state index contributed by atoms with van der Waals surface area (Å²) in [6, 6.07) is 6.07. The van der Waals surface area contributed by atoms with E-state index in [1.807, 2.05) is 0 Å². The molecule has 1 aliphatic rings. The summed E-state index contributed by atoms with van der Waals surface area (Å²) in [6.07, 6.45) is -2.54. The predicted molar refractivity (Wildman–Crippen MR) is 65.1 cm³/mol. The van der Waals surface area contributed by atoms with Crippen molar-refractivity contribution in [1.29, 1.82) is 0 Å². The van der Waals surface area contributed by atoms with Crippen LogP contribution in [0.1, 0.15) is 12.8 Å². The predicted octanol–water partition coefficient (Wildman–Crippen LogP) is 3.42. The van der Waals surface area contributed by atoms with Crippen LogP contribution in [-0.4, -0.2) is 26.1 Å². The molecule has 1 aromatic rings. The van der Waals surface area contributed by atoms with Crippen LogP contribution in [0.2, 0.25) is 0 Å². The standard InChI is InChI=1S/C13H16F3NO2/c1-18-8-11(9-6-7-9)17-10-4-2-3-5-12(10)19-13(14,15)16/h2-5,9,11,17H,6-8H2,1H3. The molecule has 3 nitrogen and oxygen atoms in total. The van der Waals surface area contributed by atoms with Crippen LogP contribution in [0.5, 0.6) is 5.75 Å². The van der Waals surface area contributed by atoms with Gasteiger partial charge in [0.2, 0.25) is 0 Å².